The van der Waals surface area contributed by atoms with Crippen molar-refractivity contribution in [3.63, 3.8) is 0 Å². The molecule has 0 aliphatic carbocycles. The molecule has 2 N–H and O–H groups in total. The van der Waals surface area contributed by atoms with Crippen molar-refractivity contribution in [3.8, 4) is 0 Å². The highest BCUT2D eigenvalue weighted by molar-refractivity contribution is 8.00. The summed E-state index contributed by atoms with van der Waals surface area (Å²) in [7, 11) is 0. The smallest absolute Gasteiger partial charge is 0.338 e. The summed E-state index contributed by atoms with van der Waals surface area (Å²) in [6.07, 6.45) is 0. The molecule has 3 aromatic carbocycles. The maximum Gasteiger partial charge on any atom is 0.338 e. The number of anilines is 1. The van der Waals surface area contributed by atoms with Gasteiger partial charge in [-0.2, -0.15) is 0 Å². The lowest BCUT2D eigenvalue weighted by molar-refractivity contribution is -0.130. The van der Waals surface area contributed by atoms with E-state index in [0.29, 0.717) is 18.8 Å². The number of hydrogen-bond acceptors (Lipinski definition) is 5. The minimum absolute atomic E-state index is 0.0390. The number of amides is 2. The monoisotopic (exact) mass is 625 g/mol. The van der Waals surface area contributed by atoms with Crippen LogP contribution in [-0.2, 0) is 11.3 Å². The van der Waals surface area contributed by atoms with Crippen LogP contribution >= 0.6 is 58.2 Å². The minimum atomic E-state index is -1.48. The zero-order valence-electron chi connectivity index (χ0n) is 20.4. The molecule has 0 spiro atoms. The van der Waals surface area contributed by atoms with Crippen molar-refractivity contribution in [1.29, 1.82) is 0 Å². The average Bonchev–Trinajstić information content (AvgIpc) is 2.93. The van der Waals surface area contributed by atoms with Crippen molar-refractivity contribution in [3.05, 3.63) is 91.4 Å². The van der Waals surface area contributed by atoms with Gasteiger partial charge in [0.25, 0.3) is 5.91 Å². The number of benzene rings is 3. The van der Waals surface area contributed by atoms with E-state index in [0.717, 1.165) is 24.5 Å². The lowest BCUT2D eigenvalue weighted by Gasteiger charge is -2.34. The van der Waals surface area contributed by atoms with Crippen LogP contribution in [-0.4, -0.2) is 64.6 Å². The number of rotatable bonds is 8. The molecule has 2 amide bonds. The molecule has 4 rings (SSSR count). The van der Waals surface area contributed by atoms with E-state index in [1.807, 2.05) is 29.2 Å². The van der Waals surface area contributed by atoms with Gasteiger partial charge in [-0.05, 0) is 23.8 Å². The maximum atomic E-state index is 13.0. The van der Waals surface area contributed by atoms with Crippen LogP contribution in [0.2, 0.25) is 20.1 Å². The van der Waals surface area contributed by atoms with Gasteiger partial charge < -0.3 is 15.3 Å². The summed E-state index contributed by atoms with van der Waals surface area (Å²) in [6.45, 7) is 3.82. The van der Waals surface area contributed by atoms with Crippen molar-refractivity contribution in [2.45, 2.75) is 11.4 Å². The van der Waals surface area contributed by atoms with Gasteiger partial charge in [0, 0.05) is 43.3 Å². The van der Waals surface area contributed by atoms with E-state index in [1.165, 1.54) is 17.3 Å². The lowest BCUT2D eigenvalue weighted by atomic mass is 10.1. The summed E-state index contributed by atoms with van der Waals surface area (Å²) < 4.78 is 0. The molecule has 1 heterocycles. The van der Waals surface area contributed by atoms with Crippen LogP contribution in [0.25, 0.3) is 0 Å². The molecular formula is C27H23Cl4N3O4S. The van der Waals surface area contributed by atoms with E-state index in [-0.39, 0.29) is 31.8 Å². The Hall–Kier alpha value is -2.46. The van der Waals surface area contributed by atoms with Gasteiger partial charge in [0.05, 0.1) is 37.0 Å². The third-order valence-electron chi connectivity index (χ3n) is 6.14. The van der Waals surface area contributed by atoms with Gasteiger partial charge in [0.1, 0.15) is 0 Å². The largest absolute Gasteiger partial charge is 0.478 e. The van der Waals surface area contributed by atoms with Crippen LogP contribution in [0, 0.1) is 0 Å². The zero-order valence-corrected chi connectivity index (χ0v) is 24.3. The Balaban J connectivity index is 1.35. The van der Waals surface area contributed by atoms with Gasteiger partial charge in [0.15, 0.2) is 0 Å². The summed E-state index contributed by atoms with van der Waals surface area (Å²) in [5.41, 5.74) is 0.682. The summed E-state index contributed by atoms with van der Waals surface area (Å²) in [5, 5.41) is 11.0. The van der Waals surface area contributed by atoms with Crippen molar-refractivity contribution in [1.82, 2.24) is 9.80 Å². The van der Waals surface area contributed by atoms with Crippen LogP contribution in [0.5, 0.6) is 0 Å². The normalized spacial score (nSPS) is 13.8. The number of nitrogens with zero attached hydrogens (tertiary/aromatic N) is 2. The molecule has 7 nitrogen and oxygen atoms in total. The third-order valence-corrected chi connectivity index (χ3v) is 8.92. The number of carbonyl (C=O) groups is 3. The van der Waals surface area contributed by atoms with Gasteiger partial charge >= 0.3 is 5.97 Å². The Labute approximate surface area is 250 Å². The molecule has 204 valence electrons. The highest BCUT2D eigenvalue weighted by Crippen LogP contribution is 2.42. The van der Waals surface area contributed by atoms with Crippen LogP contribution in [0.15, 0.2) is 59.5 Å². The number of carboxylic acid groups (broad SMARTS) is 1. The number of halogens is 4. The molecule has 0 saturated carbocycles. The van der Waals surface area contributed by atoms with Crippen LogP contribution in [0.4, 0.5) is 5.69 Å². The Morgan fingerprint density at radius 3 is 2.10 bits per heavy atom. The standard InChI is InChI=1S/C27H23Cl4N3O4S/c28-22-20(21(27(37)38)23(29)25(31)24(22)30)26(36)32-17-7-4-8-18(13-17)39-15-19(35)34-11-9-33(10-12-34)14-16-5-2-1-3-6-16/h1-8,13H,9-12,14-15H2,(H,32,36)(H,37,38). The molecule has 12 heteroatoms. The quantitative estimate of drug-likeness (QED) is 0.165. The van der Waals surface area contributed by atoms with Crippen molar-refractivity contribution in [2.24, 2.45) is 0 Å². The van der Waals surface area contributed by atoms with E-state index in [1.54, 1.807) is 18.2 Å². The second kappa shape index (κ2) is 13.3. The fourth-order valence-corrected chi connectivity index (χ4v) is 6.01. The molecule has 0 aromatic heterocycles. The molecule has 0 bridgehead atoms. The maximum absolute atomic E-state index is 13.0. The van der Waals surface area contributed by atoms with Gasteiger partial charge in [-0.1, -0.05) is 82.8 Å². The van der Waals surface area contributed by atoms with Gasteiger partial charge in [-0.3, -0.25) is 14.5 Å². The van der Waals surface area contributed by atoms with E-state index in [2.05, 4.69) is 22.3 Å². The molecule has 1 aliphatic heterocycles. The summed E-state index contributed by atoms with van der Waals surface area (Å²) >= 11 is 25.6. The molecule has 0 radical (unpaired) electrons. The lowest BCUT2D eigenvalue weighted by Crippen LogP contribution is -2.48. The molecule has 3 aromatic rings. The zero-order chi connectivity index (χ0) is 28.1. The number of carboxylic acids is 1. The Morgan fingerprint density at radius 1 is 0.821 bits per heavy atom. The van der Waals surface area contributed by atoms with E-state index >= 15 is 0 Å². The number of piperazine rings is 1. The summed E-state index contributed by atoms with van der Waals surface area (Å²) in [4.78, 5) is 42.6. The van der Waals surface area contributed by atoms with E-state index in [4.69, 9.17) is 46.4 Å². The van der Waals surface area contributed by atoms with Crippen LogP contribution < -0.4 is 5.32 Å². The number of hydrogen-bond donors (Lipinski definition) is 2. The molecule has 1 saturated heterocycles. The third kappa shape index (κ3) is 7.20. The number of carbonyl (C=O) groups excluding carboxylic acids is 2. The molecular weight excluding hydrogens is 604 g/mol. The first-order valence-corrected chi connectivity index (χ1v) is 14.3. The molecule has 0 unspecified atom stereocenters. The van der Waals surface area contributed by atoms with Crippen molar-refractivity contribution >= 4 is 81.6 Å². The second-order valence-corrected chi connectivity index (χ2v) is 11.3. The van der Waals surface area contributed by atoms with E-state index < -0.39 is 23.0 Å². The van der Waals surface area contributed by atoms with Crippen LogP contribution in [0.3, 0.4) is 0 Å². The molecule has 0 atom stereocenters. The van der Waals surface area contributed by atoms with E-state index in [9.17, 15) is 19.5 Å². The van der Waals surface area contributed by atoms with Crippen molar-refractivity contribution in [2.75, 3.05) is 37.2 Å². The first-order chi connectivity index (χ1) is 18.7. The molecule has 39 heavy (non-hydrogen) atoms. The summed E-state index contributed by atoms with van der Waals surface area (Å²) in [6, 6.07) is 17.1. The van der Waals surface area contributed by atoms with Gasteiger partial charge in [-0.25, -0.2) is 4.79 Å². The fourth-order valence-electron chi connectivity index (χ4n) is 4.14. The Morgan fingerprint density at radius 2 is 1.46 bits per heavy atom. The molecule has 1 aliphatic rings. The average molecular weight is 627 g/mol. The van der Waals surface area contributed by atoms with Crippen molar-refractivity contribution < 1.29 is 19.5 Å². The number of nitrogens with one attached hydrogen (secondary N) is 1. The molecule has 1 fully saturated rings. The predicted octanol–water partition coefficient (Wildman–Crippen LogP) is 6.69. The topological polar surface area (TPSA) is 89.9 Å². The minimum Gasteiger partial charge on any atom is -0.478 e. The first-order valence-electron chi connectivity index (χ1n) is 11.8. The highest BCUT2D eigenvalue weighted by Gasteiger charge is 2.29. The first kappa shape index (κ1) is 29.5. The van der Waals surface area contributed by atoms with Gasteiger partial charge in [0.2, 0.25) is 5.91 Å². The summed E-state index contributed by atoms with van der Waals surface area (Å²) in [5.74, 6) is -2.01. The SMILES string of the molecule is O=C(O)c1c(Cl)c(Cl)c(Cl)c(Cl)c1C(=O)Nc1cccc(SCC(=O)N2CCN(Cc3ccccc3)CC2)c1. The van der Waals surface area contributed by atoms with Gasteiger partial charge in [-0.15, -0.1) is 11.8 Å². The Kier molecular flexibility index (Phi) is 10.0. The second-order valence-electron chi connectivity index (χ2n) is 8.72. The predicted molar refractivity (Wildman–Crippen MR) is 157 cm³/mol. The van der Waals surface area contributed by atoms with Crippen LogP contribution in [0.1, 0.15) is 26.3 Å². The number of aromatic carboxylic acids is 1. The number of thioether (sulfide) groups is 1. The Bertz CT molecular complexity index is 1400. The highest BCUT2D eigenvalue weighted by atomic mass is 35.5. The fraction of sp³-hybridized carbons (Fsp3) is 0.222.